The summed E-state index contributed by atoms with van der Waals surface area (Å²) in [5.74, 6) is -0.213. The molecule has 0 radical (unpaired) electrons. The van der Waals surface area contributed by atoms with Crippen LogP contribution >= 0.6 is 0 Å². The van der Waals surface area contributed by atoms with Crippen molar-refractivity contribution in [1.29, 1.82) is 0 Å². The summed E-state index contributed by atoms with van der Waals surface area (Å²) in [6.07, 6.45) is 2.42. The van der Waals surface area contributed by atoms with Gasteiger partial charge in [0, 0.05) is 13.0 Å². The van der Waals surface area contributed by atoms with E-state index in [-0.39, 0.29) is 5.82 Å². The van der Waals surface area contributed by atoms with Crippen LogP contribution in [0.1, 0.15) is 24.0 Å². The summed E-state index contributed by atoms with van der Waals surface area (Å²) in [6.45, 7) is 3.49. The highest BCUT2D eigenvalue weighted by atomic mass is 19.1. The Kier molecular flexibility index (Phi) is 3.26. The van der Waals surface area contributed by atoms with Crippen LogP contribution in [0.3, 0.4) is 0 Å². The Morgan fingerprint density at radius 2 is 2.31 bits per heavy atom. The summed E-state index contributed by atoms with van der Waals surface area (Å²) in [6, 6.07) is 4.76. The molecule has 1 atom stereocenters. The molecule has 1 aliphatic rings. The first-order valence-corrected chi connectivity index (χ1v) is 5.77. The van der Waals surface area contributed by atoms with Gasteiger partial charge in [-0.05, 0) is 49.6 Å². The number of hydrogen-bond donors (Lipinski definition) is 2. The Labute approximate surface area is 95.5 Å². The molecule has 2 N–H and O–H groups in total. The number of benzene rings is 1. The van der Waals surface area contributed by atoms with Gasteiger partial charge in [-0.2, -0.15) is 0 Å². The molecule has 0 saturated carbocycles. The van der Waals surface area contributed by atoms with Crippen LogP contribution in [-0.4, -0.2) is 23.8 Å². The van der Waals surface area contributed by atoms with Crippen molar-refractivity contribution in [2.24, 2.45) is 0 Å². The Morgan fingerprint density at radius 3 is 2.94 bits per heavy atom. The van der Waals surface area contributed by atoms with Gasteiger partial charge in [0.1, 0.15) is 5.82 Å². The van der Waals surface area contributed by atoms with Gasteiger partial charge >= 0.3 is 0 Å². The number of aliphatic hydroxyl groups is 1. The monoisotopic (exact) mass is 223 g/mol. The minimum Gasteiger partial charge on any atom is -0.388 e. The van der Waals surface area contributed by atoms with Crippen molar-refractivity contribution in [1.82, 2.24) is 5.32 Å². The summed E-state index contributed by atoms with van der Waals surface area (Å²) in [4.78, 5) is 0. The summed E-state index contributed by atoms with van der Waals surface area (Å²) in [5.41, 5.74) is 1.28. The summed E-state index contributed by atoms with van der Waals surface area (Å²) in [7, 11) is 0. The summed E-state index contributed by atoms with van der Waals surface area (Å²) < 4.78 is 12.9. The first kappa shape index (κ1) is 11.6. The van der Waals surface area contributed by atoms with E-state index < -0.39 is 5.60 Å². The number of halogens is 1. The number of aryl methyl sites for hydroxylation is 1. The number of β-amino-alcohol motifs (C(OH)–C–C–N with tert-alkyl or cyclic N) is 1. The van der Waals surface area contributed by atoms with Gasteiger partial charge in [0.05, 0.1) is 5.60 Å². The SMILES string of the molecule is Cc1cc(F)ccc1CC1(O)CCCNC1. The number of piperidine rings is 1. The van der Waals surface area contributed by atoms with E-state index in [1.807, 2.05) is 6.92 Å². The van der Waals surface area contributed by atoms with Crippen LogP contribution in [0.2, 0.25) is 0 Å². The van der Waals surface area contributed by atoms with Crippen molar-refractivity contribution < 1.29 is 9.50 Å². The van der Waals surface area contributed by atoms with E-state index in [1.165, 1.54) is 12.1 Å². The van der Waals surface area contributed by atoms with E-state index in [1.54, 1.807) is 6.07 Å². The second-order valence-corrected chi connectivity index (χ2v) is 4.75. The fourth-order valence-corrected chi connectivity index (χ4v) is 2.31. The highest BCUT2D eigenvalue weighted by molar-refractivity contribution is 5.28. The third kappa shape index (κ3) is 2.60. The number of rotatable bonds is 2. The first-order chi connectivity index (χ1) is 7.59. The standard InChI is InChI=1S/C13H18FNO/c1-10-7-12(14)4-3-11(10)8-13(16)5-2-6-15-9-13/h3-4,7,15-16H,2,5-6,8-9H2,1H3. The zero-order valence-electron chi connectivity index (χ0n) is 9.59. The van der Waals surface area contributed by atoms with Gasteiger partial charge in [0.25, 0.3) is 0 Å². The fourth-order valence-electron chi connectivity index (χ4n) is 2.31. The zero-order valence-corrected chi connectivity index (χ0v) is 9.59. The third-order valence-corrected chi connectivity index (χ3v) is 3.27. The normalized spacial score (nSPS) is 25.7. The molecule has 16 heavy (non-hydrogen) atoms. The first-order valence-electron chi connectivity index (χ1n) is 5.77. The van der Waals surface area contributed by atoms with Crippen molar-refractivity contribution in [3.05, 3.63) is 35.1 Å². The second-order valence-electron chi connectivity index (χ2n) is 4.75. The van der Waals surface area contributed by atoms with Crippen molar-refractivity contribution >= 4 is 0 Å². The predicted octanol–water partition coefficient (Wildman–Crippen LogP) is 1.79. The quantitative estimate of drug-likeness (QED) is 0.801. The molecular formula is C13H18FNO. The molecule has 0 spiro atoms. The lowest BCUT2D eigenvalue weighted by Gasteiger charge is -2.33. The molecule has 2 rings (SSSR count). The minimum atomic E-state index is -0.666. The molecule has 0 aromatic heterocycles. The third-order valence-electron chi connectivity index (χ3n) is 3.27. The van der Waals surface area contributed by atoms with Gasteiger partial charge < -0.3 is 10.4 Å². The Hall–Kier alpha value is -0.930. The maximum absolute atomic E-state index is 12.9. The van der Waals surface area contributed by atoms with Crippen LogP contribution in [-0.2, 0) is 6.42 Å². The topological polar surface area (TPSA) is 32.3 Å². The lowest BCUT2D eigenvalue weighted by Crippen LogP contribution is -2.47. The van der Waals surface area contributed by atoms with Gasteiger partial charge in [-0.15, -0.1) is 0 Å². The van der Waals surface area contributed by atoms with Gasteiger partial charge in [-0.3, -0.25) is 0 Å². The highest BCUT2D eigenvalue weighted by Crippen LogP contribution is 2.23. The largest absolute Gasteiger partial charge is 0.388 e. The van der Waals surface area contributed by atoms with Crippen LogP contribution in [0, 0.1) is 12.7 Å². The van der Waals surface area contributed by atoms with E-state index in [9.17, 15) is 9.50 Å². The number of nitrogens with one attached hydrogen (secondary N) is 1. The van der Waals surface area contributed by atoms with Crippen LogP contribution in [0.5, 0.6) is 0 Å². The van der Waals surface area contributed by atoms with Crippen molar-refractivity contribution in [3.8, 4) is 0 Å². The van der Waals surface area contributed by atoms with Crippen molar-refractivity contribution in [2.75, 3.05) is 13.1 Å². The molecule has 1 heterocycles. The van der Waals surface area contributed by atoms with Crippen molar-refractivity contribution in [3.63, 3.8) is 0 Å². The molecule has 1 saturated heterocycles. The molecule has 3 heteroatoms. The van der Waals surface area contributed by atoms with Gasteiger partial charge in [0.15, 0.2) is 0 Å². The van der Waals surface area contributed by atoms with E-state index in [0.717, 1.165) is 30.5 Å². The lowest BCUT2D eigenvalue weighted by molar-refractivity contribution is 0.0168. The molecule has 1 aromatic carbocycles. The van der Waals surface area contributed by atoms with E-state index >= 15 is 0 Å². The Balaban J connectivity index is 2.13. The molecular weight excluding hydrogens is 205 g/mol. The molecule has 0 amide bonds. The smallest absolute Gasteiger partial charge is 0.123 e. The van der Waals surface area contributed by atoms with Crippen LogP contribution < -0.4 is 5.32 Å². The second kappa shape index (κ2) is 4.52. The lowest BCUT2D eigenvalue weighted by atomic mass is 9.86. The predicted molar refractivity (Wildman–Crippen MR) is 61.9 cm³/mol. The zero-order chi connectivity index (χ0) is 11.6. The average Bonchev–Trinajstić information content (AvgIpc) is 2.23. The molecule has 1 fully saturated rings. The van der Waals surface area contributed by atoms with E-state index in [2.05, 4.69) is 5.32 Å². The maximum Gasteiger partial charge on any atom is 0.123 e. The molecule has 1 unspecified atom stereocenters. The highest BCUT2D eigenvalue weighted by Gasteiger charge is 2.29. The molecule has 0 aliphatic carbocycles. The van der Waals surface area contributed by atoms with Gasteiger partial charge in [-0.1, -0.05) is 6.07 Å². The molecule has 88 valence electrons. The minimum absolute atomic E-state index is 0.213. The van der Waals surface area contributed by atoms with Crippen LogP contribution in [0.25, 0.3) is 0 Å². The molecule has 2 nitrogen and oxygen atoms in total. The van der Waals surface area contributed by atoms with Crippen LogP contribution in [0.15, 0.2) is 18.2 Å². The summed E-state index contributed by atoms with van der Waals surface area (Å²) in [5, 5.41) is 13.6. The van der Waals surface area contributed by atoms with E-state index in [4.69, 9.17) is 0 Å². The molecule has 0 bridgehead atoms. The van der Waals surface area contributed by atoms with Gasteiger partial charge in [0.2, 0.25) is 0 Å². The Bertz CT molecular complexity index is 372. The number of hydrogen-bond acceptors (Lipinski definition) is 2. The van der Waals surface area contributed by atoms with Gasteiger partial charge in [-0.25, -0.2) is 4.39 Å². The fraction of sp³-hybridized carbons (Fsp3) is 0.538. The average molecular weight is 223 g/mol. The van der Waals surface area contributed by atoms with E-state index in [0.29, 0.717) is 13.0 Å². The van der Waals surface area contributed by atoms with Crippen LogP contribution in [0.4, 0.5) is 4.39 Å². The molecule has 1 aromatic rings. The molecule has 1 aliphatic heterocycles. The maximum atomic E-state index is 12.9. The van der Waals surface area contributed by atoms with Crippen molar-refractivity contribution in [2.45, 2.75) is 31.8 Å². The Morgan fingerprint density at radius 1 is 1.50 bits per heavy atom. The summed E-state index contributed by atoms with van der Waals surface area (Å²) >= 11 is 0.